The number of aryl methyl sites for hydroxylation is 1. The molecule has 0 aliphatic rings. The SMILES string of the molecule is Cc1ccc([C@H](C)NO)s1. The maximum Gasteiger partial charge on any atom is 0.0634 e. The van der Waals surface area contributed by atoms with Crippen molar-refractivity contribution >= 4 is 11.3 Å². The molecule has 2 N–H and O–H groups in total. The molecule has 0 amide bonds. The molecule has 0 saturated heterocycles. The fraction of sp³-hybridized carbons (Fsp3) is 0.429. The van der Waals surface area contributed by atoms with Crippen LogP contribution in [0.5, 0.6) is 0 Å². The Labute approximate surface area is 64.5 Å². The summed E-state index contributed by atoms with van der Waals surface area (Å²) in [5, 5.41) is 8.55. The third-order valence-electron chi connectivity index (χ3n) is 1.38. The molecule has 0 aliphatic carbocycles. The summed E-state index contributed by atoms with van der Waals surface area (Å²) >= 11 is 1.70. The van der Waals surface area contributed by atoms with Crippen LogP contribution in [0.15, 0.2) is 12.1 Å². The first-order chi connectivity index (χ1) is 4.74. The standard InChI is InChI=1S/C7H11NOS/c1-5-3-4-7(10-5)6(2)8-9/h3-4,6,8-9H,1-2H3/t6-/m0/s1. The van der Waals surface area contributed by atoms with Crippen LogP contribution < -0.4 is 5.48 Å². The Morgan fingerprint density at radius 3 is 2.70 bits per heavy atom. The van der Waals surface area contributed by atoms with Gasteiger partial charge < -0.3 is 5.21 Å². The van der Waals surface area contributed by atoms with Gasteiger partial charge in [-0.3, -0.25) is 0 Å². The van der Waals surface area contributed by atoms with Gasteiger partial charge in [0.15, 0.2) is 0 Å². The molecule has 10 heavy (non-hydrogen) atoms. The third kappa shape index (κ3) is 1.56. The number of nitrogens with one attached hydrogen (secondary N) is 1. The lowest BCUT2D eigenvalue weighted by molar-refractivity contribution is 0.135. The van der Waals surface area contributed by atoms with Gasteiger partial charge in [0.25, 0.3) is 0 Å². The highest BCUT2D eigenvalue weighted by Crippen LogP contribution is 2.21. The van der Waals surface area contributed by atoms with E-state index in [1.165, 1.54) is 9.75 Å². The van der Waals surface area contributed by atoms with Crippen LogP contribution in [-0.2, 0) is 0 Å². The van der Waals surface area contributed by atoms with Crippen LogP contribution in [0.1, 0.15) is 22.7 Å². The van der Waals surface area contributed by atoms with Crippen LogP contribution in [0.25, 0.3) is 0 Å². The molecule has 0 fully saturated rings. The summed E-state index contributed by atoms with van der Waals surface area (Å²) in [6.45, 7) is 3.98. The minimum Gasteiger partial charge on any atom is -0.316 e. The van der Waals surface area contributed by atoms with Crippen LogP contribution in [-0.4, -0.2) is 5.21 Å². The van der Waals surface area contributed by atoms with E-state index in [2.05, 4.69) is 12.4 Å². The van der Waals surface area contributed by atoms with Crippen LogP contribution in [0.4, 0.5) is 0 Å². The molecular formula is C7H11NOS. The average molecular weight is 157 g/mol. The first-order valence-electron chi connectivity index (χ1n) is 3.20. The lowest BCUT2D eigenvalue weighted by Gasteiger charge is -2.03. The van der Waals surface area contributed by atoms with E-state index in [0.29, 0.717) is 0 Å². The molecular weight excluding hydrogens is 146 g/mol. The highest BCUT2D eigenvalue weighted by atomic mass is 32.1. The van der Waals surface area contributed by atoms with E-state index in [0.717, 1.165) is 0 Å². The summed E-state index contributed by atoms with van der Waals surface area (Å²) in [4.78, 5) is 2.44. The fourth-order valence-electron chi connectivity index (χ4n) is 0.750. The zero-order valence-electron chi connectivity index (χ0n) is 6.09. The third-order valence-corrected chi connectivity index (χ3v) is 2.56. The number of hydrogen-bond donors (Lipinski definition) is 2. The van der Waals surface area contributed by atoms with Crippen LogP contribution in [0.2, 0.25) is 0 Å². The summed E-state index contributed by atoms with van der Waals surface area (Å²) in [7, 11) is 0. The molecule has 0 aromatic carbocycles. The van der Waals surface area contributed by atoms with Gasteiger partial charge in [-0.2, -0.15) is 5.48 Å². The zero-order chi connectivity index (χ0) is 7.56. The van der Waals surface area contributed by atoms with Gasteiger partial charge in [-0.1, -0.05) is 0 Å². The Morgan fingerprint density at radius 1 is 1.60 bits per heavy atom. The van der Waals surface area contributed by atoms with E-state index in [4.69, 9.17) is 5.21 Å². The first-order valence-corrected chi connectivity index (χ1v) is 4.01. The molecule has 1 aromatic heterocycles. The van der Waals surface area contributed by atoms with Gasteiger partial charge in [0.2, 0.25) is 0 Å². The molecule has 0 saturated carbocycles. The number of thiophene rings is 1. The summed E-state index contributed by atoms with van der Waals surface area (Å²) in [6, 6.07) is 4.13. The average Bonchev–Trinajstić information content (AvgIpc) is 2.34. The van der Waals surface area contributed by atoms with Gasteiger partial charge in [0.05, 0.1) is 6.04 Å². The smallest absolute Gasteiger partial charge is 0.0634 e. The van der Waals surface area contributed by atoms with Gasteiger partial charge >= 0.3 is 0 Å². The molecule has 0 unspecified atom stereocenters. The monoisotopic (exact) mass is 157 g/mol. The lowest BCUT2D eigenvalue weighted by Crippen LogP contribution is -2.11. The predicted octanol–water partition coefficient (Wildman–Crippen LogP) is 2.10. The van der Waals surface area contributed by atoms with Gasteiger partial charge in [-0.05, 0) is 26.0 Å². The number of hydrogen-bond acceptors (Lipinski definition) is 3. The summed E-state index contributed by atoms with van der Waals surface area (Å²) in [6.07, 6.45) is 0. The van der Waals surface area contributed by atoms with Gasteiger partial charge in [0, 0.05) is 9.75 Å². The number of rotatable bonds is 2. The molecule has 0 spiro atoms. The van der Waals surface area contributed by atoms with E-state index in [-0.39, 0.29) is 6.04 Å². The van der Waals surface area contributed by atoms with E-state index in [9.17, 15) is 0 Å². The predicted molar refractivity (Wildman–Crippen MR) is 42.4 cm³/mol. The number of hydroxylamine groups is 1. The molecule has 0 aliphatic heterocycles. The maximum atomic E-state index is 8.55. The van der Waals surface area contributed by atoms with E-state index in [1.54, 1.807) is 11.3 Å². The van der Waals surface area contributed by atoms with Gasteiger partial charge in [0.1, 0.15) is 0 Å². The van der Waals surface area contributed by atoms with Crippen molar-refractivity contribution in [1.82, 2.24) is 5.48 Å². The Balaban J connectivity index is 2.74. The molecule has 0 radical (unpaired) electrons. The van der Waals surface area contributed by atoms with Crippen LogP contribution in [0, 0.1) is 6.92 Å². The minimum absolute atomic E-state index is 0.0544. The van der Waals surface area contributed by atoms with E-state index in [1.807, 2.05) is 19.1 Å². The van der Waals surface area contributed by atoms with E-state index >= 15 is 0 Å². The molecule has 3 heteroatoms. The second-order valence-electron chi connectivity index (χ2n) is 2.30. The van der Waals surface area contributed by atoms with Crippen molar-refractivity contribution in [3.05, 3.63) is 21.9 Å². The van der Waals surface area contributed by atoms with Crippen molar-refractivity contribution in [1.29, 1.82) is 0 Å². The largest absolute Gasteiger partial charge is 0.316 e. The Bertz CT molecular complexity index is 209. The Hall–Kier alpha value is -0.380. The molecule has 0 bridgehead atoms. The first kappa shape index (κ1) is 7.72. The highest BCUT2D eigenvalue weighted by molar-refractivity contribution is 7.12. The van der Waals surface area contributed by atoms with Crippen molar-refractivity contribution in [3.8, 4) is 0 Å². The summed E-state index contributed by atoms with van der Waals surface area (Å²) in [5.41, 5.74) is 2.20. The van der Waals surface area contributed by atoms with Crippen molar-refractivity contribution in [2.24, 2.45) is 0 Å². The van der Waals surface area contributed by atoms with Crippen molar-refractivity contribution in [2.45, 2.75) is 19.9 Å². The molecule has 1 heterocycles. The van der Waals surface area contributed by atoms with Crippen molar-refractivity contribution in [2.75, 3.05) is 0 Å². The lowest BCUT2D eigenvalue weighted by atomic mass is 10.3. The second-order valence-corrected chi connectivity index (χ2v) is 3.62. The Kier molecular flexibility index (Phi) is 2.43. The zero-order valence-corrected chi connectivity index (χ0v) is 6.90. The summed E-state index contributed by atoms with van der Waals surface area (Å²) < 4.78 is 0. The molecule has 1 aromatic rings. The van der Waals surface area contributed by atoms with Crippen LogP contribution >= 0.6 is 11.3 Å². The maximum absolute atomic E-state index is 8.55. The van der Waals surface area contributed by atoms with Gasteiger partial charge in [-0.25, -0.2) is 0 Å². The quantitative estimate of drug-likeness (QED) is 0.644. The fourth-order valence-corrected chi connectivity index (χ4v) is 1.62. The minimum atomic E-state index is 0.0544. The molecule has 1 rings (SSSR count). The van der Waals surface area contributed by atoms with Gasteiger partial charge in [-0.15, -0.1) is 11.3 Å². The summed E-state index contributed by atoms with van der Waals surface area (Å²) in [5.74, 6) is 0. The molecule has 1 atom stereocenters. The second kappa shape index (κ2) is 3.14. The van der Waals surface area contributed by atoms with E-state index < -0.39 is 0 Å². The van der Waals surface area contributed by atoms with Crippen molar-refractivity contribution in [3.63, 3.8) is 0 Å². The van der Waals surface area contributed by atoms with Crippen molar-refractivity contribution < 1.29 is 5.21 Å². The Morgan fingerprint density at radius 2 is 2.30 bits per heavy atom. The normalized spacial score (nSPS) is 13.5. The topological polar surface area (TPSA) is 32.3 Å². The molecule has 2 nitrogen and oxygen atoms in total. The highest BCUT2D eigenvalue weighted by Gasteiger charge is 2.03. The van der Waals surface area contributed by atoms with Crippen LogP contribution in [0.3, 0.4) is 0 Å². The molecule has 56 valence electrons.